The minimum absolute atomic E-state index is 0.145. The van der Waals surface area contributed by atoms with Crippen LogP contribution in [-0.4, -0.2) is 49.7 Å². The number of imide groups is 1. The van der Waals surface area contributed by atoms with E-state index in [2.05, 4.69) is 29.4 Å². The molecule has 3 amide bonds. The maximum Gasteiger partial charge on any atom is 0.321 e. The number of likely N-dealkylation sites (tertiary alicyclic amines) is 1. The van der Waals surface area contributed by atoms with Crippen LogP contribution in [-0.2, 0) is 4.79 Å². The highest BCUT2D eigenvalue weighted by atomic mass is 16.5. The molecule has 0 aliphatic carbocycles. The van der Waals surface area contributed by atoms with Gasteiger partial charge in [0.1, 0.15) is 0 Å². The molecule has 2 heterocycles. The van der Waals surface area contributed by atoms with Gasteiger partial charge in [-0.1, -0.05) is 19.9 Å². The van der Waals surface area contributed by atoms with Gasteiger partial charge in [-0.25, -0.2) is 4.79 Å². The lowest BCUT2D eigenvalue weighted by molar-refractivity contribution is -0.121. The van der Waals surface area contributed by atoms with Crippen LogP contribution in [0.15, 0.2) is 18.2 Å². The number of hydrogen-bond acceptors (Lipinski definition) is 5. The first-order valence-corrected chi connectivity index (χ1v) is 10.2. The maximum absolute atomic E-state index is 12.3. The van der Waals surface area contributed by atoms with Crippen molar-refractivity contribution < 1.29 is 19.1 Å². The fourth-order valence-electron chi connectivity index (χ4n) is 3.65. The summed E-state index contributed by atoms with van der Waals surface area (Å²) in [5, 5.41) is 5.17. The molecule has 0 radical (unpaired) electrons. The predicted octanol–water partition coefficient (Wildman–Crippen LogP) is 2.86. The lowest BCUT2D eigenvalue weighted by atomic mass is 10.0. The second-order valence-corrected chi connectivity index (χ2v) is 7.87. The van der Waals surface area contributed by atoms with Gasteiger partial charge in [-0.3, -0.25) is 15.0 Å². The Morgan fingerprint density at radius 3 is 2.75 bits per heavy atom. The van der Waals surface area contributed by atoms with Crippen molar-refractivity contribution in [2.24, 2.45) is 5.92 Å². The van der Waals surface area contributed by atoms with Crippen LogP contribution in [0, 0.1) is 5.92 Å². The molecule has 28 heavy (non-hydrogen) atoms. The van der Waals surface area contributed by atoms with Gasteiger partial charge in [0.2, 0.25) is 5.91 Å². The second-order valence-electron chi connectivity index (χ2n) is 7.87. The lowest BCUT2D eigenvalue weighted by Crippen LogP contribution is -2.44. The first kappa shape index (κ1) is 20.5. The Labute approximate surface area is 166 Å². The molecule has 3 rings (SSSR count). The van der Waals surface area contributed by atoms with Crippen LogP contribution in [0.5, 0.6) is 11.5 Å². The topological polar surface area (TPSA) is 79.9 Å². The predicted molar refractivity (Wildman–Crippen MR) is 107 cm³/mol. The summed E-state index contributed by atoms with van der Waals surface area (Å²) in [5.41, 5.74) is 1.12. The van der Waals surface area contributed by atoms with Crippen LogP contribution in [0.2, 0.25) is 0 Å². The van der Waals surface area contributed by atoms with Crippen LogP contribution in [0.1, 0.15) is 51.1 Å². The van der Waals surface area contributed by atoms with Gasteiger partial charge in [0.25, 0.3) is 0 Å². The summed E-state index contributed by atoms with van der Waals surface area (Å²) in [4.78, 5) is 26.3. The van der Waals surface area contributed by atoms with Crippen molar-refractivity contribution in [3.8, 4) is 11.5 Å². The smallest absolute Gasteiger partial charge is 0.321 e. The number of fused-ring (bicyclic) bond motifs is 1. The third kappa shape index (κ3) is 5.61. The molecule has 0 saturated carbocycles. The summed E-state index contributed by atoms with van der Waals surface area (Å²) in [6.07, 6.45) is 3.76. The van der Waals surface area contributed by atoms with E-state index in [0.29, 0.717) is 25.7 Å². The van der Waals surface area contributed by atoms with Gasteiger partial charge in [-0.2, -0.15) is 0 Å². The number of carbonyl (C=O) groups excluding carboxylic acids is 2. The number of amides is 3. The summed E-state index contributed by atoms with van der Waals surface area (Å²) < 4.78 is 11.5. The summed E-state index contributed by atoms with van der Waals surface area (Å²) in [5.74, 6) is 1.79. The zero-order valence-corrected chi connectivity index (χ0v) is 16.8. The van der Waals surface area contributed by atoms with Gasteiger partial charge in [0.15, 0.2) is 11.5 Å². The maximum atomic E-state index is 12.3. The van der Waals surface area contributed by atoms with E-state index >= 15 is 0 Å². The van der Waals surface area contributed by atoms with Gasteiger partial charge < -0.3 is 14.8 Å². The number of carbonyl (C=O) groups is 2. The third-order valence-corrected chi connectivity index (χ3v) is 5.13. The van der Waals surface area contributed by atoms with Crippen molar-refractivity contribution in [2.45, 2.75) is 45.6 Å². The van der Waals surface area contributed by atoms with E-state index in [0.717, 1.165) is 49.3 Å². The molecule has 7 nitrogen and oxygen atoms in total. The fourth-order valence-corrected chi connectivity index (χ4v) is 3.65. The minimum Gasteiger partial charge on any atom is -0.490 e. The first-order valence-electron chi connectivity index (χ1n) is 10.2. The number of hydrogen-bond donors (Lipinski definition) is 2. The summed E-state index contributed by atoms with van der Waals surface area (Å²) in [6, 6.07) is 5.76. The molecule has 2 aliphatic heterocycles. The Bertz CT molecular complexity index is 692. The Hall–Kier alpha value is -2.28. The molecule has 0 aromatic heterocycles. The lowest BCUT2D eigenvalue weighted by Gasteiger charge is -2.24. The van der Waals surface area contributed by atoms with Gasteiger partial charge in [0, 0.05) is 19.0 Å². The number of benzene rings is 1. The molecule has 1 saturated heterocycles. The summed E-state index contributed by atoms with van der Waals surface area (Å²) in [7, 11) is 0. The summed E-state index contributed by atoms with van der Waals surface area (Å²) in [6.45, 7) is 7.12. The zero-order valence-electron chi connectivity index (χ0n) is 16.8. The standard InChI is InChI=1S/C21H31N3O4/c1-15(2)8-9-22-21(26)23-20(25)14-24-10-3-5-17(24)16-6-7-18-19(13-16)28-12-4-11-27-18/h6-7,13,15,17H,3-5,8-12,14H2,1-2H3,(H2,22,23,25,26)/t17-/m1/s1. The van der Waals surface area contributed by atoms with E-state index in [9.17, 15) is 9.59 Å². The largest absolute Gasteiger partial charge is 0.490 e. The monoisotopic (exact) mass is 389 g/mol. The van der Waals surface area contributed by atoms with Crippen molar-refractivity contribution in [2.75, 3.05) is 32.8 Å². The quantitative estimate of drug-likeness (QED) is 0.782. The number of rotatable bonds is 6. The van der Waals surface area contributed by atoms with E-state index in [1.807, 2.05) is 18.2 Å². The van der Waals surface area contributed by atoms with Crippen molar-refractivity contribution in [1.29, 1.82) is 0 Å². The highest BCUT2D eigenvalue weighted by molar-refractivity contribution is 5.95. The average Bonchev–Trinajstić information content (AvgIpc) is 2.96. The van der Waals surface area contributed by atoms with E-state index < -0.39 is 6.03 Å². The van der Waals surface area contributed by atoms with E-state index in [1.165, 1.54) is 0 Å². The Balaban J connectivity index is 1.55. The van der Waals surface area contributed by atoms with Crippen molar-refractivity contribution >= 4 is 11.9 Å². The van der Waals surface area contributed by atoms with Crippen molar-refractivity contribution in [3.05, 3.63) is 23.8 Å². The van der Waals surface area contributed by atoms with Crippen LogP contribution < -0.4 is 20.1 Å². The Morgan fingerprint density at radius 2 is 1.96 bits per heavy atom. The van der Waals surface area contributed by atoms with Gasteiger partial charge in [0.05, 0.1) is 19.8 Å². The van der Waals surface area contributed by atoms with Crippen molar-refractivity contribution in [3.63, 3.8) is 0 Å². The number of urea groups is 1. The van der Waals surface area contributed by atoms with Crippen LogP contribution in [0.25, 0.3) is 0 Å². The summed E-state index contributed by atoms with van der Waals surface area (Å²) >= 11 is 0. The molecular formula is C21H31N3O4. The van der Waals surface area contributed by atoms with E-state index in [4.69, 9.17) is 9.47 Å². The normalized spacial score (nSPS) is 19.3. The molecule has 1 fully saturated rings. The van der Waals surface area contributed by atoms with Gasteiger partial charge >= 0.3 is 6.03 Å². The second kappa shape index (κ2) is 9.78. The number of nitrogens with one attached hydrogen (secondary N) is 2. The SMILES string of the molecule is CC(C)CCNC(=O)NC(=O)CN1CCC[C@@H]1c1ccc2c(c1)OCCCO2. The molecule has 1 aromatic rings. The van der Waals surface area contributed by atoms with Gasteiger partial charge in [-0.05, 0) is 49.4 Å². The molecule has 2 aliphatic rings. The number of ether oxygens (including phenoxy) is 2. The highest BCUT2D eigenvalue weighted by Crippen LogP contribution is 2.37. The molecule has 1 aromatic carbocycles. The Kier molecular flexibility index (Phi) is 7.14. The molecule has 0 unspecified atom stereocenters. The number of nitrogens with zero attached hydrogens (tertiary/aromatic N) is 1. The van der Waals surface area contributed by atoms with E-state index in [1.54, 1.807) is 0 Å². The molecular weight excluding hydrogens is 358 g/mol. The average molecular weight is 389 g/mol. The van der Waals surface area contributed by atoms with Gasteiger partial charge in [-0.15, -0.1) is 0 Å². The Morgan fingerprint density at radius 1 is 1.18 bits per heavy atom. The molecule has 1 atom stereocenters. The van der Waals surface area contributed by atoms with Crippen molar-refractivity contribution in [1.82, 2.24) is 15.5 Å². The van der Waals surface area contributed by atoms with E-state index in [-0.39, 0.29) is 18.5 Å². The molecule has 2 N–H and O–H groups in total. The molecule has 154 valence electrons. The van der Waals surface area contributed by atoms with Crippen LogP contribution in [0.4, 0.5) is 4.79 Å². The zero-order chi connectivity index (χ0) is 19.9. The first-order chi connectivity index (χ1) is 13.5. The molecule has 0 spiro atoms. The van der Waals surface area contributed by atoms with Crippen LogP contribution >= 0.6 is 0 Å². The molecule has 0 bridgehead atoms. The highest BCUT2D eigenvalue weighted by Gasteiger charge is 2.29. The minimum atomic E-state index is -0.419. The van der Waals surface area contributed by atoms with Crippen LogP contribution in [0.3, 0.4) is 0 Å². The fraction of sp³-hybridized carbons (Fsp3) is 0.619. The molecule has 7 heteroatoms. The third-order valence-electron chi connectivity index (χ3n) is 5.13.